The minimum Gasteiger partial charge on any atom is -0.381 e. The summed E-state index contributed by atoms with van der Waals surface area (Å²) in [5.41, 5.74) is 0. The number of ether oxygens (including phenoxy) is 1. The van der Waals surface area contributed by atoms with Crippen LogP contribution in [0.15, 0.2) is 0 Å². The average molecular weight is 450 g/mol. The van der Waals surface area contributed by atoms with Gasteiger partial charge in [0.25, 0.3) is 0 Å². The molecule has 0 bridgehead atoms. The van der Waals surface area contributed by atoms with Crippen molar-refractivity contribution in [1.82, 2.24) is 15.1 Å². The normalized spacial score (nSPS) is 42.4. The number of piperidine rings is 1. The fraction of sp³-hybridized carbons (Fsp3) is 0.960. The molecular formula is C25H43N3O2S. The van der Waals surface area contributed by atoms with Gasteiger partial charge in [-0.25, -0.2) is 0 Å². The Hall–Kier alpha value is -0.300. The second-order valence-corrected chi connectivity index (χ2v) is 12.1. The number of hydrogen-bond donors (Lipinski definition) is 1. The largest absolute Gasteiger partial charge is 0.381 e. The SMILES string of the molecule is COC1CCC(N2CCN(C(=O)C3CC(C4CCCS4)NC4CCCCC43)CC2)CC1. The van der Waals surface area contributed by atoms with Gasteiger partial charge in [-0.2, -0.15) is 11.8 Å². The van der Waals surface area contributed by atoms with Crippen LogP contribution in [0.3, 0.4) is 0 Å². The van der Waals surface area contributed by atoms with Gasteiger partial charge in [0.05, 0.1) is 6.10 Å². The Bertz CT molecular complexity index is 598. The first-order valence-electron chi connectivity index (χ1n) is 13.2. The van der Waals surface area contributed by atoms with Crippen LogP contribution in [0.1, 0.15) is 70.6 Å². The van der Waals surface area contributed by atoms with Crippen molar-refractivity contribution < 1.29 is 9.53 Å². The second kappa shape index (κ2) is 10.3. The van der Waals surface area contributed by atoms with Gasteiger partial charge in [0.1, 0.15) is 0 Å². The molecule has 5 atom stereocenters. The van der Waals surface area contributed by atoms with Crippen molar-refractivity contribution in [1.29, 1.82) is 0 Å². The van der Waals surface area contributed by atoms with Gasteiger partial charge >= 0.3 is 0 Å². The van der Waals surface area contributed by atoms with Gasteiger partial charge in [0, 0.05) is 62.6 Å². The molecule has 5 fully saturated rings. The maximum atomic E-state index is 13.8. The van der Waals surface area contributed by atoms with Crippen LogP contribution in [0.2, 0.25) is 0 Å². The lowest BCUT2D eigenvalue weighted by atomic mass is 9.70. The minimum absolute atomic E-state index is 0.265. The molecule has 0 radical (unpaired) electrons. The van der Waals surface area contributed by atoms with E-state index < -0.39 is 0 Å². The minimum atomic E-state index is 0.265. The van der Waals surface area contributed by atoms with Gasteiger partial charge in [-0.1, -0.05) is 12.8 Å². The molecule has 5 rings (SSSR count). The number of fused-ring (bicyclic) bond motifs is 1. The summed E-state index contributed by atoms with van der Waals surface area (Å²) in [6.45, 7) is 4.00. The zero-order valence-corrected chi connectivity index (χ0v) is 20.3. The Morgan fingerprint density at radius 2 is 1.68 bits per heavy atom. The fourth-order valence-electron chi connectivity index (χ4n) is 7.29. The lowest BCUT2D eigenvalue weighted by Gasteiger charge is -2.48. The summed E-state index contributed by atoms with van der Waals surface area (Å²) < 4.78 is 5.55. The van der Waals surface area contributed by atoms with Crippen LogP contribution in [-0.4, -0.2) is 84.2 Å². The van der Waals surface area contributed by atoms with Crippen LogP contribution in [0.25, 0.3) is 0 Å². The van der Waals surface area contributed by atoms with E-state index in [0.717, 1.165) is 37.8 Å². The van der Waals surface area contributed by atoms with E-state index in [1.54, 1.807) is 0 Å². The number of hydrogen-bond acceptors (Lipinski definition) is 5. The number of amides is 1. The molecule has 5 aliphatic rings. The number of nitrogens with one attached hydrogen (secondary N) is 1. The van der Waals surface area contributed by atoms with Crippen molar-refractivity contribution in [3.63, 3.8) is 0 Å². The van der Waals surface area contributed by atoms with Gasteiger partial charge in [0.2, 0.25) is 5.91 Å². The van der Waals surface area contributed by atoms with Gasteiger partial charge in [-0.3, -0.25) is 9.69 Å². The summed E-state index contributed by atoms with van der Waals surface area (Å²) in [5.74, 6) is 2.64. The van der Waals surface area contributed by atoms with Gasteiger partial charge in [-0.05, 0) is 69.5 Å². The molecule has 2 saturated carbocycles. The zero-order valence-electron chi connectivity index (χ0n) is 19.5. The third-order valence-electron chi connectivity index (χ3n) is 9.12. The van der Waals surface area contributed by atoms with E-state index in [2.05, 4.69) is 26.9 Å². The molecule has 0 aromatic heterocycles. The molecular weight excluding hydrogens is 406 g/mol. The van der Waals surface area contributed by atoms with Crippen molar-refractivity contribution in [2.45, 2.75) is 100 Å². The lowest BCUT2D eigenvalue weighted by molar-refractivity contribution is -0.142. The molecule has 6 heteroatoms. The predicted molar refractivity (Wildman–Crippen MR) is 127 cm³/mol. The number of carbonyl (C=O) groups excluding carboxylic acids is 1. The van der Waals surface area contributed by atoms with Crippen LogP contribution in [0.4, 0.5) is 0 Å². The molecule has 1 amide bonds. The third-order valence-corrected chi connectivity index (χ3v) is 10.6. The smallest absolute Gasteiger partial charge is 0.226 e. The molecule has 0 aromatic rings. The summed E-state index contributed by atoms with van der Waals surface area (Å²) >= 11 is 2.15. The number of piperazine rings is 1. The number of rotatable bonds is 4. The average Bonchev–Trinajstić information content (AvgIpc) is 3.38. The Labute approximate surface area is 193 Å². The molecule has 5 nitrogen and oxygen atoms in total. The summed E-state index contributed by atoms with van der Waals surface area (Å²) in [6, 6.07) is 1.84. The molecule has 0 spiro atoms. The first-order valence-corrected chi connectivity index (χ1v) is 14.2. The summed E-state index contributed by atoms with van der Waals surface area (Å²) in [5, 5.41) is 4.77. The molecule has 3 heterocycles. The molecule has 3 aliphatic heterocycles. The van der Waals surface area contributed by atoms with Crippen LogP contribution in [0, 0.1) is 11.8 Å². The number of nitrogens with zero attached hydrogens (tertiary/aromatic N) is 2. The standard InChI is InChI=1S/C25H43N3O2S/c1-30-19-10-8-18(9-11-19)27-12-14-28(15-13-27)25(29)21-17-23(24-7-4-16-31-24)26-22-6-3-2-5-20(21)22/h18-24,26H,2-17H2,1H3. The van der Waals surface area contributed by atoms with E-state index in [-0.39, 0.29) is 5.92 Å². The Balaban J connectivity index is 1.18. The molecule has 31 heavy (non-hydrogen) atoms. The predicted octanol–water partition coefficient (Wildman–Crippen LogP) is 3.52. The third kappa shape index (κ3) is 4.97. The molecule has 176 valence electrons. The van der Waals surface area contributed by atoms with E-state index in [0.29, 0.717) is 36.1 Å². The zero-order chi connectivity index (χ0) is 21.2. The molecule has 5 unspecified atom stereocenters. The van der Waals surface area contributed by atoms with Gasteiger partial charge in [-0.15, -0.1) is 0 Å². The van der Waals surface area contributed by atoms with E-state index >= 15 is 0 Å². The van der Waals surface area contributed by atoms with E-state index in [4.69, 9.17) is 4.74 Å². The van der Waals surface area contributed by atoms with E-state index in [9.17, 15) is 4.79 Å². The Morgan fingerprint density at radius 3 is 2.39 bits per heavy atom. The fourth-order valence-corrected chi connectivity index (χ4v) is 8.68. The number of methoxy groups -OCH3 is 1. The maximum Gasteiger partial charge on any atom is 0.226 e. The highest BCUT2D eigenvalue weighted by atomic mass is 32.2. The molecule has 0 aromatic carbocycles. The summed E-state index contributed by atoms with van der Waals surface area (Å²) in [6.07, 6.45) is 14.3. The Kier molecular flexibility index (Phi) is 7.48. The summed E-state index contributed by atoms with van der Waals surface area (Å²) in [4.78, 5) is 18.7. The first kappa shape index (κ1) is 22.5. The van der Waals surface area contributed by atoms with Crippen molar-refractivity contribution in [3.8, 4) is 0 Å². The van der Waals surface area contributed by atoms with Crippen LogP contribution in [-0.2, 0) is 9.53 Å². The summed E-state index contributed by atoms with van der Waals surface area (Å²) in [7, 11) is 1.85. The molecule has 3 saturated heterocycles. The van der Waals surface area contributed by atoms with Gasteiger partial charge in [0.15, 0.2) is 0 Å². The Morgan fingerprint density at radius 1 is 0.903 bits per heavy atom. The van der Waals surface area contributed by atoms with Crippen molar-refractivity contribution in [2.75, 3.05) is 39.0 Å². The highest BCUT2D eigenvalue weighted by Crippen LogP contribution is 2.42. The van der Waals surface area contributed by atoms with E-state index in [1.165, 1.54) is 70.0 Å². The maximum absolute atomic E-state index is 13.8. The van der Waals surface area contributed by atoms with Crippen LogP contribution in [0.5, 0.6) is 0 Å². The van der Waals surface area contributed by atoms with Crippen molar-refractivity contribution in [2.24, 2.45) is 11.8 Å². The molecule has 2 aliphatic carbocycles. The lowest BCUT2D eigenvalue weighted by Crippen LogP contribution is -2.60. The van der Waals surface area contributed by atoms with Crippen LogP contribution < -0.4 is 5.32 Å². The highest BCUT2D eigenvalue weighted by Gasteiger charge is 2.45. The quantitative estimate of drug-likeness (QED) is 0.711. The second-order valence-electron chi connectivity index (χ2n) is 10.7. The topological polar surface area (TPSA) is 44.8 Å². The van der Waals surface area contributed by atoms with Gasteiger partial charge < -0.3 is 15.0 Å². The molecule has 1 N–H and O–H groups in total. The number of thioether (sulfide) groups is 1. The number of carbonyl (C=O) groups is 1. The van der Waals surface area contributed by atoms with E-state index in [1.807, 2.05) is 7.11 Å². The van der Waals surface area contributed by atoms with Crippen molar-refractivity contribution in [3.05, 3.63) is 0 Å². The van der Waals surface area contributed by atoms with Crippen molar-refractivity contribution >= 4 is 17.7 Å². The highest BCUT2D eigenvalue weighted by molar-refractivity contribution is 8.00. The van der Waals surface area contributed by atoms with Crippen LogP contribution >= 0.6 is 11.8 Å². The first-order chi connectivity index (χ1) is 15.2. The monoisotopic (exact) mass is 449 g/mol.